The van der Waals surface area contributed by atoms with Crippen molar-refractivity contribution in [2.45, 2.75) is 25.3 Å². The van der Waals surface area contributed by atoms with Crippen LogP contribution in [0, 0.1) is 5.92 Å². The summed E-state index contributed by atoms with van der Waals surface area (Å²) < 4.78 is 7.29. The molecule has 1 unspecified atom stereocenters. The quantitative estimate of drug-likeness (QED) is 0.594. The highest BCUT2D eigenvalue weighted by Crippen LogP contribution is 2.19. The SMILES string of the molecule is CN=C(NCC(c1cnn(C)c1)N(C)C)N(C)CCC1CCOCC1. The van der Waals surface area contributed by atoms with Crippen molar-refractivity contribution in [2.75, 3.05) is 54.5 Å². The van der Waals surface area contributed by atoms with E-state index in [1.165, 1.54) is 24.8 Å². The Hall–Kier alpha value is -1.60. The summed E-state index contributed by atoms with van der Waals surface area (Å²) >= 11 is 0. The molecule has 1 N–H and O–H groups in total. The molecule has 1 aliphatic rings. The smallest absolute Gasteiger partial charge is 0.193 e. The van der Waals surface area contributed by atoms with E-state index in [9.17, 15) is 0 Å². The third kappa shape index (κ3) is 6.01. The van der Waals surface area contributed by atoms with Crippen LogP contribution in [0.2, 0.25) is 0 Å². The number of guanidine groups is 1. The van der Waals surface area contributed by atoms with Gasteiger partial charge in [-0.05, 0) is 39.3 Å². The monoisotopic (exact) mass is 350 g/mol. The molecule has 1 fully saturated rings. The zero-order valence-corrected chi connectivity index (χ0v) is 16.4. The summed E-state index contributed by atoms with van der Waals surface area (Å²) in [6, 6.07) is 0.259. The average Bonchev–Trinajstić information content (AvgIpc) is 3.03. The molecule has 1 aliphatic heterocycles. The Bertz CT molecular complexity index is 535. The van der Waals surface area contributed by atoms with E-state index in [-0.39, 0.29) is 6.04 Å². The van der Waals surface area contributed by atoms with E-state index in [0.29, 0.717) is 0 Å². The highest BCUT2D eigenvalue weighted by atomic mass is 16.5. The molecular formula is C18H34N6O. The van der Waals surface area contributed by atoms with E-state index in [0.717, 1.165) is 38.2 Å². The Labute approximate surface area is 152 Å². The van der Waals surface area contributed by atoms with Gasteiger partial charge in [0, 0.05) is 59.2 Å². The Morgan fingerprint density at radius 2 is 2.12 bits per heavy atom. The normalized spacial score (nSPS) is 17.8. The molecule has 7 heteroatoms. The van der Waals surface area contributed by atoms with Gasteiger partial charge in [-0.25, -0.2) is 0 Å². The number of hydrogen-bond acceptors (Lipinski definition) is 4. The lowest BCUT2D eigenvalue weighted by Crippen LogP contribution is -2.43. The minimum absolute atomic E-state index is 0.259. The van der Waals surface area contributed by atoms with Crippen LogP contribution in [-0.2, 0) is 11.8 Å². The molecule has 0 radical (unpaired) electrons. The number of aromatic nitrogens is 2. The predicted molar refractivity (Wildman–Crippen MR) is 102 cm³/mol. The van der Waals surface area contributed by atoms with E-state index in [1.54, 1.807) is 0 Å². The summed E-state index contributed by atoms with van der Waals surface area (Å²) in [6.45, 7) is 3.64. The highest BCUT2D eigenvalue weighted by Gasteiger charge is 2.18. The van der Waals surface area contributed by atoms with Gasteiger partial charge in [-0.2, -0.15) is 5.10 Å². The molecule has 0 saturated carbocycles. The standard InChI is InChI=1S/C18H34N6O/c1-19-18(23(4)9-6-15-7-10-25-11-8-15)20-13-17(22(2)3)16-12-21-24(5)14-16/h12,14-15,17H,6-11,13H2,1-5H3,(H,19,20). The van der Waals surface area contributed by atoms with Crippen LogP contribution >= 0.6 is 0 Å². The number of nitrogens with zero attached hydrogens (tertiary/aromatic N) is 5. The number of aryl methyl sites for hydroxylation is 1. The fourth-order valence-corrected chi connectivity index (χ4v) is 3.30. The minimum atomic E-state index is 0.259. The van der Waals surface area contributed by atoms with Crippen LogP contribution in [0.3, 0.4) is 0 Å². The summed E-state index contributed by atoms with van der Waals surface area (Å²) in [5, 5.41) is 7.81. The number of ether oxygens (including phenoxy) is 1. The van der Waals surface area contributed by atoms with Gasteiger partial charge in [-0.1, -0.05) is 0 Å². The van der Waals surface area contributed by atoms with Gasteiger partial charge >= 0.3 is 0 Å². The maximum absolute atomic E-state index is 5.45. The fourth-order valence-electron chi connectivity index (χ4n) is 3.30. The molecule has 2 heterocycles. The Morgan fingerprint density at radius 1 is 1.40 bits per heavy atom. The number of aliphatic imine (C=N–C) groups is 1. The summed E-state index contributed by atoms with van der Waals surface area (Å²) in [6.07, 6.45) is 7.57. The number of rotatable bonds is 7. The van der Waals surface area contributed by atoms with Gasteiger partial charge in [-0.3, -0.25) is 9.67 Å². The van der Waals surface area contributed by atoms with Crippen LogP contribution in [0.15, 0.2) is 17.4 Å². The molecule has 2 rings (SSSR count). The Kier molecular flexibility index (Phi) is 7.71. The van der Waals surface area contributed by atoms with Crippen molar-refractivity contribution in [1.29, 1.82) is 0 Å². The van der Waals surface area contributed by atoms with Crippen molar-refractivity contribution < 1.29 is 4.74 Å². The fraction of sp³-hybridized carbons (Fsp3) is 0.778. The van der Waals surface area contributed by atoms with Crippen LogP contribution in [0.5, 0.6) is 0 Å². The van der Waals surface area contributed by atoms with Gasteiger partial charge in [0.2, 0.25) is 0 Å². The Balaban J connectivity index is 1.84. The molecular weight excluding hydrogens is 316 g/mol. The van der Waals surface area contributed by atoms with Crippen LogP contribution in [0.25, 0.3) is 0 Å². The lowest BCUT2D eigenvalue weighted by atomic mass is 9.96. The molecule has 1 atom stereocenters. The molecule has 0 spiro atoms. The van der Waals surface area contributed by atoms with E-state index in [1.807, 2.05) is 25.0 Å². The summed E-state index contributed by atoms with van der Waals surface area (Å²) in [7, 11) is 10.1. The van der Waals surface area contributed by atoms with Crippen LogP contribution in [-0.4, -0.2) is 80.0 Å². The maximum atomic E-state index is 5.45. The first-order valence-corrected chi connectivity index (χ1v) is 9.15. The van der Waals surface area contributed by atoms with Crippen molar-refractivity contribution in [3.05, 3.63) is 18.0 Å². The zero-order chi connectivity index (χ0) is 18.2. The van der Waals surface area contributed by atoms with Gasteiger partial charge in [0.05, 0.1) is 12.2 Å². The summed E-state index contributed by atoms with van der Waals surface area (Å²) in [5.74, 6) is 1.72. The van der Waals surface area contributed by atoms with E-state index >= 15 is 0 Å². The second kappa shape index (κ2) is 9.77. The number of hydrogen-bond donors (Lipinski definition) is 1. The molecule has 142 valence electrons. The average molecular weight is 351 g/mol. The molecule has 1 aromatic rings. The van der Waals surface area contributed by atoms with Crippen LogP contribution < -0.4 is 5.32 Å². The topological polar surface area (TPSA) is 57.9 Å². The molecule has 7 nitrogen and oxygen atoms in total. The third-order valence-electron chi connectivity index (χ3n) is 4.97. The van der Waals surface area contributed by atoms with Gasteiger partial charge in [0.15, 0.2) is 5.96 Å². The summed E-state index contributed by atoms with van der Waals surface area (Å²) in [5.41, 5.74) is 1.21. The lowest BCUT2D eigenvalue weighted by Gasteiger charge is -2.29. The zero-order valence-electron chi connectivity index (χ0n) is 16.4. The molecule has 0 bridgehead atoms. The van der Waals surface area contributed by atoms with Crippen molar-refractivity contribution in [1.82, 2.24) is 24.9 Å². The molecule has 0 aromatic carbocycles. The molecule has 0 aliphatic carbocycles. The molecule has 0 amide bonds. The van der Waals surface area contributed by atoms with Crippen molar-refractivity contribution >= 4 is 5.96 Å². The maximum Gasteiger partial charge on any atom is 0.193 e. The van der Waals surface area contributed by atoms with Gasteiger partial charge < -0.3 is 19.9 Å². The van der Waals surface area contributed by atoms with Crippen molar-refractivity contribution in [3.8, 4) is 0 Å². The first-order valence-electron chi connectivity index (χ1n) is 9.15. The third-order valence-corrected chi connectivity index (χ3v) is 4.97. The Morgan fingerprint density at radius 3 is 2.68 bits per heavy atom. The van der Waals surface area contributed by atoms with Gasteiger partial charge in [0.1, 0.15) is 0 Å². The van der Waals surface area contributed by atoms with E-state index < -0.39 is 0 Å². The van der Waals surface area contributed by atoms with E-state index in [4.69, 9.17) is 4.74 Å². The molecule has 1 aromatic heterocycles. The lowest BCUT2D eigenvalue weighted by molar-refractivity contribution is 0.0625. The van der Waals surface area contributed by atoms with Gasteiger partial charge in [-0.15, -0.1) is 0 Å². The summed E-state index contributed by atoms with van der Waals surface area (Å²) in [4.78, 5) is 8.88. The molecule has 1 saturated heterocycles. The highest BCUT2D eigenvalue weighted by molar-refractivity contribution is 5.79. The van der Waals surface area contributed by atoms with Crippen molar-refractivity contribution in [2.24, 2.45) is 18.0 Å². The second-order valence-corrected chi connectivity index (χ2v) is 7.12. The first kappa shape index (κ1) is 19.7. The first-order chi connectivity index (χ1) is 12.0. The number of likely N-dealkylation sites (N-methyl/N-ethyl adjacent to an activating group) is 1. The van der Waals surface area contributed by atoms with Crippen molar-refractivity contribution in [3.63, 3.8) is 0 Å². The largest absolute Gasteiger partial charge is 0.381 e. The van der Waals surface area contributed by atoms with Crippen LogP contribution in [0.4, 0.5) is 0 Å². The van der Waals surface area contributed by atoms with Gasteiger partial charge in [0.25, 0.3) is 0 Å². The van der Waals surface area contributed by atoms with E-state index in [2.05, 4.69) is 52.5 Å². The second-order valence-electron chi connectivity index (χ2n) is 7.12. The number of nitrogens with one attached hydrogen (secondary N) is 1. The molecule has 25 heavy (non-hydrogen) atoms. The minimum Gasteiger partial charge on any atom is -0.381 e. The predicted octanol–water partition coefficient (Wildman–Crippen LogP) is 1.35. The van der Waals surface area contributed by atoms with Crippen LogP contribution in [0.1, 0.15) is 30.9 Å².